The Hall–Kier alpha value is -2.50. The van der Waals surface area contributed by atoms with Crippen molar-refractivity contribution in [2.24, 2.45) is 11.7 Å². The standard InChI is InChI=1S/C26H32FN5O2/c27-18-6-4-17(5-7-18)26(8-2-1-3-9-26)32-20-12-23(25(32)34)30(14-20)15-21(29)24(33)31-19(13-28)10-16-11-22(16)31/h4-7,16,19-23H,1-3,8-12,14-15,29H2/t16-,19+,20+,21+,22?,23+/m1/s1. The van der Waals surface area contributed by atoms with E-state index in [2.05, 4.69) is 15.9 Å². The molecule has 34 heavy (non-hydrogen) atoms. The van der Waals surface area contributed by atoms with E-state index in [1.165, 1.54) is 12.1 Å². The number of hydrogen-bond donors (Lipinski definition) is 1. The number of rotatable bonds is 5. The third-order valence-corrected chi connectivity index (χ3v) is 9.05. The first-order valence-electron chi connectivity index (χ1n) is 12.7. The molecule has 6 rings (SSSR count). The fourth-order valence-electron chi connectivity index (χ4n) is 7.40. The van der Waals surface area contributed by atoms with Gasteiger partial charge in [0.2, 0.25) is 11.8 Å². The number of nitriles is 1. The number of piperidine rings is 1. The molecule has 0 aromatic heterocycles. The van der Waals surface area contributed by atoms with Crippen LogP contribution in [0.3, 0.4) is 0 Å². The number of halogens is 1. The van der Waals surface area contributed by atoms with Gasteiger partial charge in [-0.05, 0) is 55.7 Å². The lowest BCUT2D eigenvalue weighted by Crippen LogP contribution is -2.61. The number of amides is 2. The second kappa shape index (κ2) is 8.03. The maximum absolute atomic E-state index is 13.7. The van der Waals surface area contributed by atoms with Crippen molar-refractivity contribution < 1.29 is 14.0 Å². The summed E-state index contributed by atoms with van der Waals surface area (Å²) < 4.78 is 13.7. The van der Waals surface area contributed by atoms with E-state index in [0.717, 1.165) is 56.9 Å². The van der Waals surface area contributed by atoms with Gasteiger partial charge in [-0.3, -0.25) is 14.5 Å². The van der Waals surface area contributed by atoms with Crippen LogP contribution in [-0.2, 0) is 15.1 Å². The highest BCUT2D eigenvalue weighted by Crippen LogP contribution is 2.49. The summed E-state index contributed by atoms with van der Waals surface area (Å²) in [5.74, 6) is 0.152. The average Bonchev–Trinajstić information content (AvgIpc) is 3.17. The number of carbonyl (C=O) groups is 2. The number of nitrogens with two attached hydrogens (primary N) is 1. The van der Waals surface area contributed by atoms with Crippen LogP contribution < -0.4 is 5.73 Å². The van der Waals surface area contributed by atoms with Crippen LogP contribution in [0.15, 0.2) is 24.3 Å². The minimum atomic E-state index is -0.725. The van der Waals surface area contributed by atoms with Crippen LogP contribution in [0.4, 0.5) is 4.39 Å². The molecule has 1 unspecified atom stereocenters. The normalized spacial score (nSPS) is 34.7. The van der Waals surface area contributed by atoms with Crippen molar-refractivity contribution in [1.82, 2.24) is 14.7 Å². The van der Waals surface area contributed by atoms with Gasteiger partial charge in [0, 0.05) is 25.2 Å². The fourth-order valence-corrected chi connectivity index (χ4v) is 7.40. The zero-order valence-electron chi connectivity index (χ0n) is 19.4. The highest BCUT2D eigenvalue weighted by Gasteiger charge is 2.58. The molecule has 2 saturated carbocycles. The molecule has 2 bridgehead atoms. The van der Waals surface area contributed by atoms with Crippen molar-refractivity contribution in [1.29, 1.82) is 5.26 Å². The lowest BCUT2D eigenvalue weighted by Gasteiger charge is -2.50. The van der Waals surface area contributed by atoms with Gasteiger partial charge in [-0.2, -0.15) is 5.26 Å². The van der Waals surface area contributed by atoms with Gasteiger partial charge in [0.25, 0.3) is 0 Å². The molecular weight excluding hydrogens is 433 g/mol. The maximum Gasteiger partial charge on any atom is 0.242 e. The molecule has 5 aliphatic rings. The number of benzene rings is 1. The van der Waals surface area contributed by atoms with Crippen molar-refractivity contribution in [3.05, 3.63) is 35.6 Å². The molecule has 5 fully saturated rings. The van der Waals surface area contributed by atoms with Crippen molar-refractivity contribution in [2.45, 2.75) is 87.1 Å². The molecule has 3 heterocycles. The molecule has 0 spiro atoms. The molecule has 2 N–H and O–H groups in total. The SMILES string of the molecule is N#C[C@@H]1C[C@@H]2CC2N1C(=O)[C@@H](N)CN1C[C@@H]2C[C@H]1C(=O)N2C1(c2ccc(F)cc2)CCCCC1. The summed E-state index contributed by atoms with van der Waals surface area (Å²) in [5.41, 5.74) is 7.02. The second-order valence-corrected chi connectivity index (χ2v) is 11.0. The van der Waals surface area contributed by atoms with Crippen LogP contribution in [0.25, 0.3) is 0 Å². The molecule has 0 radical (unpaired) electrons. The molecule has 7 nitrogen and oxygen atoms in total. The Labute approximate surface area is 199 Å². The summed E-state index contributed by atoms with van der Waals surface area (Å²) in [4.78, 5) is 32.7. The van der Waals surface area contributed by atoms with Gasteiger partial charge in [-0.15, -0.1) is 0 Å². The van der Waals surface area contributed by atoms with E-state index in [4.69, 9.17) is 5.73 Å². The number of nitrogens with zero attached hydrogens (tertiary/aromatic N) is 4. The first-order chi connectivity index (χ1) is 16.4. The molecule has 3 saturated heterocycles. The Morgan fingerprint density at radius 3 is 2.59 bits per heavy atom. The first-order valence-corrected chi connectivity index (χ1v) is 12.7. The van der Waals surface area contributed by atoms with Gasteiger partial charge in [0.15, 0.2) is 0 Å². The number of carbonyl (C=O) groups excluding carboxylic acids is 2. The molecule has 2 amide bonds. The smallest absolute Gasteiger partial charge is 0.242 e. The summed E-state index contributed by atoms with van der Waals surface area (Å²) in [6.07, 6.45) is 7.55. The van der Waals surface area contributed by atoms with Crippen LogP contribution in [0.1, 0.15) is 56.9 Å². The van der Waals surface area contributed by atoms with E-state index in [0.29, 0.717) is 19.0 Å². The second-order valence-electron chi connectivity index (χ2n) is 11.0. The van der Waals surface area contributed by atoms with Gasteiger partial charge >= 0.3 is 0 Å². The molecule has 1 aromatic rings. The largest absolute Gasteiger partial charge is 0.327 e. The number of fused-ring (bicyclic) bond motifs is 3. The van der Waals surface area contributed by atoms with E-state index in [1.54, 1.807) is 4.90 Å². The number of hydrogen-bond acceptors (Lipinski definition) is 5. The Kier molecular flexibility index (Phi) is 5.19. The van der Waals surface area contributed by atoms with E-state index in [1.807, 2.05) is 12.1 Å². The minimum Gasteiger partial charge on any atom is -0.327 e. The Morgan fingerprint density at radius 2 is 1.91 bits per heavy atom. The Balaban J connectivity index is 1.18. The Bertz CT molecular complexity index is 1030. The first kappa shape index (κ1) is 22.0. The van der Waals surface area contributed by atoms with Crippen LogP contribution in [0, 0.1) is 23.1 Å². The maximum atomic E-state index is 13.7. The van der Waals surface area contributed by atoms with Crippen molar-refractivity contribution >= 4 is 11.8 Å². The molecule has 2 aliphatic carbocycles. The van der Waals surface area contributed by atoms with E-state index >= 15 is 0 Å². The highest BCUT2D eigenvalue weighted by molar-refractivity contribution is 5.87. The summed E-state index contributed by atoms with van der Waals surface area (Å²) >= 11 is 0. The zero-order valence-corrected chi connectivity index (χ0v) is 19.4. The quantitative estimate of drug-likeness (QED) is 0.719. The predicted molar refractivity (Wildman–Crippen MR) is 123 cm³/mol. The molecule has 180 valence electrons. The van der Waals surface area contributed by atoms with Crippen LogP contribution >= 0.6 is 0 Å². The van der Waals surface area contributed by atoms with Crippen LogP contribution in [-0.4, -0.2) is 69.8 Å². The lowest BCUT2D eigenvalue weighted by atomic mass is 9.74. The van der Waals surface area contributed by atoms with Gasteiger partial charge in [0.1, 0.15) is 11.9 Å². The van der Waals surface area contributed by atoms with Gasteiger partial charge < -0.3 is 15.5 Å². The highest BCUT2D eigenvalue weighted by atomic mass is 19.1. The molecule has 8 heteroatoms. The van der Waals surface area contributed by atoms with Crippen molar-refractivity contribution in [3.8, 4) is 6.07 Å². The van der Waals surface area contributed by atoms with E-state index in [9.17, 15) is 19.2 Å². The summed E-state index contributed by atoms with van der Waals surface area (Å²) in [6, 6.07) is 7.85. The Morgan fingerprint density at radius 1 is 1.18 bits per heavy atom. The summed E-state index contributed by atoms with van der Waals surface area (Å²) in [5, 5.41) is 9.43. The minimum absolute atomic E-state index is 0.0782. The zero-order chi connectivity index (χ0) is 23.6. The predicted octanol–water partition coefficient (Wildman–Crippen LogP) is 2.11. The van der Waals surface area contributed by atoms with E-state index in [-0.39, 0.29) is 47.3 Å². The van der Waals surface area contributed by atoms with Crippen molar-refractivity contribution in [3.63, 3.8) is 0 Å². The van der Waals surface area contributed by atoms with Gasteiger partial charge in [-0.25, -0.2) is 4.39 Å². The third-order valence-electron chi connectivity index (χ3n) is 9.05. The third kappa shape index (κ3) is 3.28. The summed E-state index contributed by atoms with van der Waals surface area (Å²) in [7, 11) is 0. The molecule has 1 aromatic carbocycles. The lowest BCUT2D eigenvalue weighted by molar-refractivity contribution is -0.147. The molecule has 3 aliphatic heterocycles. The van der Waals surface area contributed by atoms with Gasteiger partial charge in [0.05, 0.1) is 23.7 Å². The molecule has 6 atom stereocenters. The summed E-state index contributed by atoms with van der Waals surface area (Å²) in [6.45, 7) is 1.04. The van der Waals surface area contributed by atoms with E-state index < -0.39 is 6.04 Å². The van der Waals surface area contributed by atoms with Crippen LogP contribution in [0.5, 0.6) is 0 Å². The number of likely N-dealkylation sites (tertiary alicyclic amines) is 3. The molecular formula is C26H32FN5O2. The van der Waals surface area contributed by atoms with Crippen molar-refractivity contribution in [2.75, 3.05) is 13.1 Å². The number of piperazine rings is 1. The fraction of sp³-hybridized carbons (Fsp3) is 0.654. The van der Waals surface area contributed by atoms with Crippen LogP contribution in [0.2, 0.25) is 0 Å². The topological polar surface area (TPSA) is 93.7 Å². The monoisotopic (exact) mass is 465 g/mol. The average molecular weight is 466 g/mol. The van der Waals surface area contributed by atoms with Gasteiger partial charge in [-0.1, -0.05) is 31.4 Å².